The second-order valence-electron chi connectivity index (χ2n) is 7.24. The number of methoxy groups -OCH3 is 3. The summed E-state index contributed by atoms with van der Waals surface area (Å²) in [4.78, 5) is 4.66. The van der Waals surface area contributed by atoms with Gasteiger partial charge in [0.05, 0.1) is 21.3 Å². The minimum atomic E-state index is 0.623. The van der Waals surface area contributed by atoms with Crippen LogP contribution in [0.5, 0.6) is 17.2 Å². The highest BCUT2D eigenvalue weighted by atomic mass is 32.1. The van der Waals surface area contributed by atoms with Gasteiger partial charge in [0.2, 0.25) is 5.75 Å². The van der Waals surface area contributed by atoms with Gasteiger partial charge in [-0.15, -0.1) is 0 Å². The number of rotatable bonds is 7. The molecule has 6 nitrogen and oxygen atoms in total. The molecular formula is C23H31N3O3S. The van der Waals surface area contributed by atoms with Crippen LogP contribution >= 0.6 is 12.2 Å². The Bertz CT molecular complexity index is 842. The molecule has 0 unspecified atom stereocenters. The van der Waals surface area contributed by atoms with E-state index < -0.39 is 0 Å². The molecule has 0 aliphatic carbocycles. The molecule has 3 rings (SSSR count). The zero-order chi connectivity index (χ0) is 21.5. The fraction of sp³-hybridized carbons (Fsp3) is 0.435. The first-order chi connectivity index (χ1) is 14.6. The molecule has 1 fully saturated rings. The Balaban J connectivity index is 1.59. The SMILES string of the molecule is CCc1ccccc1NC(=S)N1CCN(Cc2cc(OC)c(OC)c(OC)c2)CC1. The summed E-state index contributed by atoms with van der Waals surface area (Å²) in [6.45, 7) is 6.64. The highest BCUT2D eigenvalue weighted by Crippen LogP contribution is 2.38. The Hall–Kier alpha value is -2.51. The zero-order valence-corrected chi connectivity index (χ0v) is 19.1. The van der Waals surface area contributed by atoms with Gasteiger partial charge in [0, 0.05) is 38.4 Å². The van der Waals surface area contributed by atoms with Gasteiger partial charge in [-0.3, -0.25) is 4.90 Å². The Morgan fingerprint density at radius 1 is 0.967 bits per heavy atom. The van der Waals surface area contributed by atoms with Gasteiger partial charge in [0.15, 0.2) is 16.6 Å². The topological polar surface area (TPSA) is 46.2 Å². The maximum Gasteiger partial charge on any atom is 0.203 e. The van der Waals surface area contributed by atoms with Gasteiger partial charge in [0.1, 0.15) is 0 Å². The van der Waals surface area contributed by atoms with E-state index in [2.05, 4.69) is 40.2 Å². The number of hydrogen-bond donors (Lipinski definition) is 1. The van der Waals surface area contributed by atoms with Crippen LogP contribution in [0.25, 0.3) is 0 Å². The Morgan fingerprint density at radius 2 is 1.60 bits per heavy atom. The molecule has 0 aromatic heterocycles. The lowest BCUT2D eigenvalue weighted by Crippen LogP contribution is -2.49. The van der Waals surface area contributed by atoms with Crippen LogP contribution in [0.15, 0.2) is 36.4 Å². The number of ether oxygens (including phenoxy) is 3. The molecule has 0 bridgehead atoms. The van der Waals surface area contributed by atoms with Crippen LogP contribution in [0.4, 0.5) is 5.69 Å². The number of thiocarbonyl (C=S) groups is 1. The van der Waals surface area contributed by atoms with Crippen LogP contribution < -0.4 is 19.5 Å². The fourth-order valence-electron chi connectivity index (χ4n) is 3.74. The zero-order valence-electron chi connectivity index (χ0n) is 18.2. The van der Waals surface area contributed by atoms with Crippen molar-refractivity contribution in [3.63, 3.8) is 0 Å². The van der Waals surface area contributed by atoms with Crippen molar-refractivity contribution in [3.05, 3.63) is 47.5 Å². The second kappa shape index (κ2) is 10.5. The van der Waals surface area contributed by atoms with E-state index in [1.807, 2.05) is 18.2 Å². The number of hydrogen-bond acceptors (Lipinski definition) is 5. The lowest BCUT2D eigenvalue weighted by Gasteiger charge is -2.36. The molecule has 162 valence electrons. The van der Waals surface area contributed by atoms with E-state index in [0.29, 0.717) is 17.2 Å². The highest BCUT2D eigenvalue weighted by molar-refractivity contribution is 7.80. The smallest absolute Gasteiger partial charge is 0.203 e. The molecule has 1 heterocycles. The van der Waals surface area contributed by atoms with E-state index in [9.17, 15) is 0 Å². The van der Waals surface area contributed by atoms with Crippen molar-refractivity contribution >= 4 is 23.0 Å². The minimum Gasteiger partial charge on any atom is -0.493 e. The summed E-state index contributed by atoms with van der Waals surface area (Å²) in [5.74, 6) is 1.99. The standard InChI is InChI=1S/C23H31N3O3S/c1-5-18-8-6-7-9-19(18)24-23(30)26-12-10-25(11-13-26)16-17-14-20(27-2)22(29-4)21(15-17)28-3/h6-9,14-15H,5,10-13,16H2,1-4H3,(H,24,30). The summed E-state index contributed by atoms with van der Waals surface area (Å²) in [5.41, 5.74) is 3.52. The monoisotopic (exact) mass is 429 g/mol. The van der Waals surface area contributed by atoms with Crippen molar-refractivity contribution in [2.75, 3.05) is 52.8 Å². The quantitative estimate of drug-likeness (QED) is 0.672. The molecule has 0 saturated carbocycles. The Labute approximate surface area is 184 Å². The molecule has 2 aromatic carbocycles. The van der Waals surface area contributed by atoms with Crippen LogP contribution in [-0.2, 0) is 13.0 Å². The van der Waals surface area contributed by atoms with Crippen molar-refractivity contribution in [2.45, 2.75) is 19.9 Å². The molecule has 1 aliphatic rings. The normalized spacial score (nSPS) is 14.3. The lowest BCUT2D eigenvalue weighted by atomic mass is 10.1. The first kappa shape index (κ1) is 22.2. The predicted octanol–water partition coefficient (Wildman–Crippen LogP) is 3.79. The van der Waals surface area contributed by atoms with E-state index in [1.54, 1.807) is 21.3 Å². The van der Waals surface area contributed by atoms with Crippen LogP contribution in [0.1, 0.15) is 18.1 Å². The lowest BCUT2D eigenvalue weighted by molar-refractivity contribution is 0.176. The van der Waals surface area contributed by atoms with E-state index >= 15 is 0 Å². The molecular weight excluding hydrogens is 398 g/mol. The molecule has 30 heavy (non-hydrogen) atoms. The molecule has 0 amide bonds. The first-order valence-electron chi connectivity index (χ1n) is 10.2. The number of nitrogens with one attached hydrogen (secondary N) is 1. The molecule has 1 saturated heterocycles. The van der Waals surface area contributed by atoms with Crippen LogP contribution in [0.2, 0.25) is 0 Å². The third-order valence-corrected chi connectivity index (χ3v) is 5.79. The number of aryl methyl sites for hydroxylation is 1. The Morgan fingerprint density at radius 3 is 2.17 bits per heavy atom. The average molecular weight is 430 g/mol. The summed E-state index contributed by atoms with van der Waals surface area (Å²) in [7, 11) is 4.91. The summed E-state index contributed by atoms with van der Waals surface area (Å²) in [5, 5.41) is 4.23. The maximum absolute atomic E-state index is 5.67. The molecule has 0 spiro atoms. The summed E-state index contributed by atoms with van der Waals surface area (Å²) in [6, 6.07) is 12.4. The van der Waals surface area contributed by atoms with Gasteiger partial charge in [-0.2, -0.15) is 0 Å². The Kier molecular flexibility index (Phi) is 7.76. The molecule has 1 aliphatic heterocycles. The molecule has 7 heteroatoms. The largest absolute Gasteiger partial charge is 0.493 e. The predicted molar refractivity (Wildman–Crippen MR) is 125 cm³/mol. The third kappa shape index (κ3) is 5.15. The molecule has 1 N–H and O–H groups in total. The van der Waals surface area contributed by atoms with Crippen molar-refractivity contribution in [1.29, 1.82) is 0 Å². The van der Waals surface area contributed by atoms with Gasteiger partial charge >= 0.3 is 0 Å². The third-order valence-electron chi connectivity index (χ3n) is 5.43. The van der Waals surface area contributed by atoms with Gasteiger partial charge in [-0.1, -0.05) is 25.1 Å². The molecule has 0 radical (unpaired) electrons. The van der Waals surface area contributed by atoms with Crippen LogP contribution in [0, 0.1) is 0 Å². The number of nitrogens with zero attached hydrogens (tertiary/aromatic N) is 2. The van der Waals surface area contributed by atoms with Crippen molar-refractivity contribution in [1.82, 2.24) is 9.80 Å². The van der Waals surface area contributed by atoms with E-state index in [-0.39, 0.29) is 0 Å². The van der Waals surface area contributed by atoms with Crippen LogP contribution in [-0.4, -0.2) is 62.4 Å². The van der Waals surface area contributed by atoms with Gasteiger partial charge in [-0.05, 0) is 48.0 Å². The maximum atomic E-state index is 5.67. The van der Waals surface area contributed by atoms with Gasteiger partial charge in [0.25, 0.3) is 0 Å². The number of benzene rings is 2. The van der Waals surface area contributed by atoms with E-state index in [0.717, 1.165) is 55.5 Å². The fourth-order valence-corrected chi connectivity index (χ4v) is 4.03. The van der Waals surface area contributed by atoms with Crippen molar-refractivity contribution in [2.24, 2.45) is 0 Å². The molecule has 2 aromatic rings. The summed E-state index contributed by atoms with van der Waals surface area (Å²) in [6.07, 6.45) is 0.981. The molecule has 0 atom stereocenters. The van der Waals surface area contributed by atoms with E-state index in [4.69, 9.17) is 26.4 Å². The van der Waals surface area contributed by atoms with Gasteiger partial charge in [-0.25, -0.2) is 0 Å². The first-order valence-corrected chi connectivity index (χ1v) is 10.7. The minimum absolute atomic E-state index is 0.623. The summed E-state index contributed by atoms with van der Waals surface area (Å²) < 4.78 is 16.4. The summed E-state index contributed by atoms with van der Waals surface area (Å²) >= 11 is 5.67. The number of anilines is 1. The highest BCUT2D eigenvalue weighted by Gasteiger charge is 2.21. The van der Waals surface area contributed by atoms with Crippen molar-refractivity contribution in [3.8, 4) is 17.2 Å². The van der Waals surface area contributed by atoms with Crippen LogP contribution in [0.3, 0.4) is 0 Å². The average Bonchev–Trinajstić information content (AvgIpc) is 2.79. The van der Waals surface area contributed by atoms with Gasteiger partial charge < -0.3 is 24.4 Å². The number of para-hydroxylation sites is 1. The second-order valence-corrected chi connectivity index (χ2v) is 7.62. The van der Waals surface area contributed by atoms with Crippen molar-refractivity contribution < 1.29 is 14.2 Å². The van der Waals surface area contributed by atoms with E-state index in [1.165, 1.54) is 5.56 Å². The number of piperazine rings is 1.